The van der Waals surface area contributed by atoms with Gasteiger partial charge in [0.05, 0.1) is 0 Å². The summed E-state index contributed by atoms with van der Waals surface area (Å²) < 4.78 is 0. The molecule has 5 nitrogen and oxygen atoms in total. The molecule has 2 atom stereocenters. The summed E-state index contributed by atoms with van der Waals surface area (Å²) in [4.78, 5) is 19.3. The second kappa shape index (κ2) is 5.99. The first-order valence-electron chi connectivity index (χ1n) is 6.94. The molecule has 0 saturated heterocycles. The first-order valence-corrected chi connectivity index (χ1v) is 6.94. The molecule has 1 saturated carbocycles. The highest BCUT2D eigenvalue weighted by molar-refractivity contribution is 5.85. The highest BCUT2D eigenvalue weighted by Gasteiger charge is 2.21. The maximum atomic E-state index is 11.0. The van der Waals surface area contributed by atoms with Gasteiger partial charge >= 0.3 is 5.97 Å². The lowest BCUT2D eigenvalue weighted by atomic mass is 9.84. The first-order chi connectivity index (χ1) is 9.08. The Morgan fingerprint density at radius 2 is 2.26 bits per heavy atom. The molecule has 2 N–H and O–H groups in total. The van der Waals surface area contributed by atoms with E-state index in [-0.39, 0.29) is 5.69 Å². The zero-order valence-electron chi connectivity index (χ0n) is 11.5. The number of nitrogens with one attached hydrogen (secondary N) is 1. The third-order valence-corrected chi connectivity index (χ3v) is 3.77. The van der Waals surface area contributed by atoms with Crippen molar-refractivity contribution in [2.75, 3.05) is 5.32 Å². The fraction of sp³-hybridized carbons (Fsp3) is 0.643. The molecule has 0 radical (unpaired) electrons. The van der Waals surface area contributed by atoms with E-state index < -0.39 is 5.97 Å². The SMILES string of the molecule is CCC1CCCC(Nc2nc(C)cc(C(=O)O)n2)C1. The van der Waals surface area contributed by atoms with Gasteiger partial charge in [-0.25, -0.2) is 14.8 Å². The van der Waals surface area contributed by atoms with Gasteiger partial charge in [0, 0.05) is 11.7 Å². The average molecular weight is 263 g/mol. The number of carboxylic acid groups (broad SMARTS) is 1. The number of anilines is 1. The van der Waals surface area contributed by atoms with Crippen LogP contribution in [0, 0.1) is 12.8 Å². The van der Waals surface area contributed by atoms with Gasteiger partial charge in [0.2, 0.25) is 5.95 Å². The molecule has 1 fully saturated rings. The molecular formula is C14H21N3O2. The van der Waals surface area contributed by atoms with Crippen LogP contribution in [-0.4, -0.2) is 27.1 Å². The van der Waals surface area contributed by atoms with Gasteiger partial charge in [0.15, 0.2) is 5.69 Å². The lowest BCUT2D eigenvalue weighted by Gasteiger charge is -2.29. The van der Waals surface area contributed by atoms with Crippen molar-refractivity contribution in [1.29, 1.82) is 0 Å². The van der Waals surface area contributed by atoms with Crippen LogP contribution in [0.2, 0.25) is 0 Å². The topological polar surface area (TPSA) is 75.1 Å². The number of aromatic nitrogens is 2. The zero-order chi connectivity index (χ0) is 13.8. The van der Waals surface area contributed by atoms with E-state index in [2.05, 4.69) is 22.2 Å². The highest BCUT2D eigenvalue weighted by atomic mass is 16.4. The summed E-state index contributed by atoms with van der Waals surface area (Å²) in [6, 6.07) is 1.85. The predicted octanol–water partition coefficient (Wildman–Crippen LogP) is 2.86. The third kappa shape index (κ3) is 3.66. The Morgan fingerprint density at radius 3 is 2.95 bits per heavy atom. The molecule has 104 valence electrons. The number of hydrogen-bond acceptors (Lipinski definition) is 4. The molecule has 0 spiro atoms. The number of carboxylic acids is 1. The molecule has 2 unspecified atom stereocenters. The van der Waals surface area contributed by atoms with Crippen molar-refractivity contribution in [3.8, 4) is 0 Å². The summed E-state index contributed by atoms with van der Waals surface area (Å²) >= 11 is 0. The van der Waals surface area contributed by atoms with E-state index in [0.717, 1.165) is 18.8 Å². The fourth-order valence-electron chi connectivity index (χ4n) is 2.72. The molecule has 19 heavy (non-hydrogen) atoms. The number of nitrogens with zero attached hydrogens (tertiary/aromatic N) is 2. The molecule has 0 aliphatic heterocycles. The standard InChI is InChI=1S/C14H21N3O2/c1-3-10-5-4-6-11(8-10)16-14-15-9(2)7-12(17-14)13(18)19/h7,10-11H,3-6,8H2,1-2H3,(H,18,19)(H,15,16,17). The molecule has 0 bridgehead atoms. The Kier molecular flexibility index (Phi) is 4.35. The molecule has 1 aromatic heterocycles. The summed E-state index contributed by atoms with van der Waals surface area (Å²) in [6.45, 7) is 4.01. The molecular weight excluding hydrogens is 242 g/mol. The monoisotopic (exact) mass is 263 g/mol. The Balaban J connectivity index is 2.08. The van der Waals surface area contributed by atoms with Crippen LogP contribution in [0.4, 0.5) is 5.95 Å². The van der Waals surface area contributed by atoms with Gasteiger partial charge in [0.1, 0.15) is 0 Å². The van der Waals surface area contributed by atoms with E-state index in [4.69, 9.17) is 5.11 Å². The minimum Gasteiger partial charge on any atom is -0.477 e. The van der Waals surface area contributed by atoms with E-state index >= 15 is 0 Å². The van der Waals surface area contributed by atoms with Gasteiger partial charge in [-0.15, -0.1) is 0 Å². The van der Waals surface area contributed by atoms with Crippen LogP contribution >= 0.6 is 0 Å². The predicted molar refractivity (Wildman–Crippen MR) is 73.4 cm³/mol. The van der Waals surface area contributed by atoms with Crippen molar-refractivity contribution in [2.45, 2.75) is 52.0 Å². The van der Waals surface area contributed by atoms with Gasteiger partial charge < -0.3 is 10.4 Å². The van der Waals surface area contributed by atoms with Crippen LogP contribution in [0.25, 0.3) is 0 Å². The fourth-order valence-corrected chi connectivity index (χ4v) is 2.72. The van der Waals surface area contributed by atoms with Gasteiger partial charge in [-0.3, -0.25) is 0 Å². The number of aryl methyl sites for hydroxylation is 1. The molecule has 1 aliphatic rings. The molecule has 1 aliphatic carbocycles. The van der Waals surface area contributed by atoms with E-state index in [1.807, 2.05) is 0 Å². The van der Waals surface area contributed by atoms with Crippen molar-refractivity contribution >= 4 is 11.9 Å². The summed E-state index contributed by atoms with van der Waals surface area (Å²) in [6.07, 6.45) is 5.94. The van der Waals surface area contributed by atoms with E-state index in [0.29, 0.717) is 17.7 Å². The quantitative estimate of drug-likeness (QED) is 0.873. The highest BCUT2D eigenvalue weighted by Crippen LogP contribution is 2.28. The van der Waals surface area contributed by atoms with Crippen LogP contribution in [-0.2, 0) is 0 Å². The lowest BCUT2D eigenvalue weighted by molar-refractivity contribution is 0.0690. The molecule has 5 heteroatoms. The van der Waals surface area contributed by atoms with Crippen molar-refractivity contribution in [2.24, 2.45) is 5.92 Å². The lowest BCUT2D eigenvalue weighted by Crippen LogP contribution is -2.28. The molecule has 1 aromatic rings. The van der Waals surface area contributed by atoms with Gasteiger partial charge in [-0.2, -0.15) is 0 Å². The van der Waals surface area contributed by atoms with Crippen molar-refractivity contribution in [3.63, 3.8) is 0 Å². The maximum Gasteiger partial charge on any atom is 0.354 e. The largest absolute Gasteiger partial charge is 0.477 e. The molecule has 0 aromatic carbocycles. The third-order valence-electron chi connectivity index (χ3n) is 3.77. The number of hydrogen-bond donors (Lipinski definition) is 2. The second-order valence-electron chi connectivity index (χ2n) is 5.31. The van der Waals surface area contributed by atoms with Crippen LogP contribution in [0.15, 0.2) is 6.07 Å². The number of aromatic carboxylic acids is 1. The maximum absolute atomic E-state index is 11.0. The number of carbonyl (C=O) groups is 1. The normalized spacial score (nSPS) is 23.1. The van der Waals surface area contributed by atoms with Gasteiger partial charge in [0.25, 0.3) is 0 Å². The summed E-state index contributed by atoms with van der Waals surface area (Å²) in [5.41, 5.74) is 0.732. The Labute approximate surface area is 113 Å². The molecule has 1 heterocycles. The van der Waals surface area contributed by atoms with E-state index in [1.54, 1.807) is 6.92 Å². The minimum atomic E-state index is -1.01. The summed E-state index contributed by atoms with van der Waals surface area (Å²) in [5.74, 6) is 0.192. The Bertz CT molecular complexity index is 462. The summed E-state index contributed by atoms with van der Waals surface area (Å²) in [5, 5.41) is 12.3. The van der Waals surface area contributed by atoms with Crippen LogP contribution in [0.3, 0.4) is 0 Å². The van der Waals surface area contributed by atoms with Crippen LogP contribution in [0.1, 0.15) is 55.2 Å². The van der Waals surface area contributed by atoms with E-state index in [1.165, 1.54) is 25.3 Å². The van der Waals surface area contributed by atoms with E-state index in [9.17, 15) is 4.79 Å². The van der Waals surface area contributed by atoms with Crippen molar-refractivity contribution in [3.05, 3.63) is 17.5 Å². The Hall–Kier alpha value is -1.65. The minimum absolute atomic E-state index is 0.0536. The first kappa shape index (κ1) is 13.8. The average Bonchev–Trinajstić information content (AvgIpc) is 2.38. The van der Waals surface area contributed by atoms with Crippen LogP contribution in [0.5, 0.6) is 0 Å². The zero-order valence-corrected chi connectivity index (χ0v) is 11.5. The Morgan fingerprint density at radius 1 is 1.47 bits per heavy atom. The van der Waals surface area contributed by atoms with Crippen molar-refractivity contribution in [1.82, 2.24) is 9.97 Å². The number of rotatable bonds is 4. The second-order valence-corrected chi connectivity index (χ2v) is 5.31. The van der Waals surface area contributed by atoms with Gasteiger partial charge in [-0.05, 0) is 31.7 Å². The molecule has 0 amide bonds. The molecule has 2 rings (SSSR count). The van der Waals surface area contributed by atoms with Crippen molar-refractivity contribution < 1.29 is 9.90 Å². The smallest absolute Gasteiger partial charge is 0.354 e. The summed E-state index contributed by atoms with van der Waals surface area (Å²) in [7, 11) is 0. The van der Waals surface area contributed by atoms with Crippen LogP contribution < -0.4 is 5.32 Å². The van der Waals surface area contributed by atoms with Gasteiger partial charge in [-0.1, -0.05) is 26.2 Å².